The van der Waals surface area contributed by atoms with Gasteiger partial charge in [0.05, 0.1) is 5.69 Å². The van der Waals surface area contributed by atoms with Gasteiger partial charge in [-0.2, -0.15) is 4.98 Å². The van der Waals surface area contributed by atoms with Crippen LogP contribution < -0.4 is 10.1 Å². The maximum atomic E-state index is 13.7. The number of hydrogen-bond donors (Lipinski definition) is 1. The molecule has 1 saturated heterocycles. The molecule has 9 heteroatoms. The Hall–Kier alpha value is -3.49. The fourth-order valence-electron chi connectivity index (χ4n) is 3.21. The summed E-state index contributed by atoms with van der Waals surface area (Å²) in [4.78, 5) is 18.3. The van der Waals surface area contributed by atoms with E-state index in [4.69, 9.17) is 9.26 Å². The van der Waals surface area contributed by atoms with Gasteiger partial charge in [-0.3, -0.25) is 0 Å². The van der Waals surface area contributed by atoms with E-state index in [1.54, 1.807) is 0 Å². The quantitative estimate of drug-likeness (QED) is 0.675. The SMILES string of the molecule is Cc1ccc(OCc2nc(C3CCN(C(=O)Nc4ccc(F)cc4F)C3)no2)cc1. The number of anilines is 1. The van der Waals surface area contributed by atoms with Gasteiger partial charge in [0.1, 0.15) is 17.4 Å². The molecule has 7 nitrogen and oxygen atoms in total. The van der Waals surface area contributed by atoms with Crippen molar-refractivity contribution in [2.24, 2.45) is 0 Å². The van der Waals surface area contributed by atoms with Gasteiger partial charge in [-0.1, -0.05) is 22.9 Å². The molecule has 1 N–H and O–H groups in total. The lowest BCUT2D eigenvalue weighted by molar-refractivity contribution is 0.221. The Morgan fingerprint density at radius 2 is 2.07 bits per heavy atom. The summed E-state index contributed by atoms with van der Waals surface area (Å²) in [5.41, 5.74) is 1.07. The van der Waals surface area contributed by atoms with Crippen molar-refractivity contribution in [3.8, 4) is 5.75 Å². The number of urea groups is 1. The zero-order valence-corrected chi connectivity index (χ0v) is 16.3. The summed E-state index contributed by atoms with van der Waals surface area (Å²) in [6.45, 7) is 2.97. The van der Waals surface area contributed by atoms with Gasteiger partial charge in [-0.25, -0.2) is 13.6 Å². The number of aryl methyl sites for hydroxylation is 1. The molecule has 0 bridgehead atoms. The van der Waals surface area contributed by atoms with Gasteiger partial charge in [0, 0.05) is 25.1 Å². The number of hydrogen-bond acceptors (Lipinski definition) is 5. The standard InChI is InChI=1S/C21H20F2N4O3/c1-13-2-5-16(6-3-13)29-12-19-25-20(26-30-19)14-8-9-27(11-14)21(28)24-18-7-4-15(22)10-17(18)23/h2-7,10,14H,8-9,11-12H2,1H3,(H,24,28). The first-order valence-electron chi connectivity index (χ1n) is 9.51. The minimum Gasteiger partial charge on any atom is -0.484 e. The molecule has 1 fully saturated rings. The summed E-state index contributed by atoms with van der Waals surface area (Å²) in [5.74, 6) is -0.0631. The van der Waals surface area contributed by atoms with Crippen LogP contribution in [-0.4, -0.2) is 34.2 Å². The van der Waals surface area contributed by atoms with E-state index in [9.17, 15) is 13.6 Å². The van der Waals surface area contributed by atoms with Crippen LogP contribution in [-0.2, 0) is 6.61 Å². The Balaban J connectivity index is 1.32. The molecule has 3 aromatic rings. The van der Waals surface area contributed by atoms with Crippen molar-refractivity contribution < 1.29 is 22.8 Å². The van der Waals surface area contributed by atoms with Crippen molar-refractivity contribution >= 4 is 11.7 Å². The molecule has 1 unspecified atom stereocenters. The van der Waals surface area contributed by atoms with Crippen LogP contribution in [0.4, 0.5) is 19.3 Å². The summed E-state index contributed by atoms with van der Waals surface area (Å²) < 4.78 is 37.6. The minimum atomic E-state index is -0.824. The second-order valence-electron chi connectivity index (χ2n) is 7.13. The largest absolute Gasteiger partial charge is 0.484 e. The third-order valence-corrected chi connectivity index (χ3v) is 4.88. The molecule has 1 aliphatic rings. The Labute approximate surface area is 171 Å². The third kappa shape index (κ3) is 4.56. The van der Waals surface area contributed by atoms with Gasteiger partial charge in [0.25, 0.3) is 5.89 Å². The number of halogens is 2. The number of amides is 2. The molecule has 2 heterocycles. The maximum Gasteiger partial charge on any atom is 0.321 e. The Morgan fingerprint density at radius 3 is 2.83 bits per heavy atom. The fraction of sp³-hybridized carbons (Fsp3) is 0.286. The molecule has 1 aliphatic heterocycles. The van der Waals surface area contributed by atoms with Gasteiger partial charge in [0.15, 0.2) is 12.4 Å². The smallest absolute Gasteiger partial charge is 0.321 e. The summed E-state index contributed by atoms with van der Waals surface area (Å²) in [7, 11) is 0. The second-order valence-corrected chi connectivity index (χ2v) is 7.13. The monoisotopic (exact) mass is 414 g/mol. The summed E-state index contributed by atoms with van der Waals surface area (Å²) in [6.07, 6.45) is 0.650. The number of likely N-dealkylation sites (tertiary alicyclic amines) is 1. The van der Waals surface area contributed by atoms with E-state index in [0.717, 1.165) is 17.7 Å². The van der Waals surface area contributed by atoms with E-state index < -0.39 is 17.7 Å². The van der Waals surface area contributed by atoms with E-state index >= 15 is 0 Å². The van der Waals surface area contributed by atoms with Gasteiger partial charge < -0.3 is 19.5 Å². The predicted octanol–water partition coefficient (Wildman–Crippen LogP) is 4.26. The van der Waals surface area contributed by atoms with Crippen LogP contribution in [0.2, 0.25) is 0 Å². The summed E-state index contributed by atoms with van der Waals surface area (Å²) >= 11 is 0. The highest BCUT2D eigenvalue weighted by molar-refractivity contribution is 5.89. The first-order valence-corrected chi connectivity index (χ1v) is 9.51. The highest BCUT2D eigenvalue weighted by Gasteiger charge is 2.31. The average Bonchev–Trinajstić information content (AvgIpc) is 3.39. The first kappa shape index (κ1) is 19.8. The maximum absolute atomic E-state index is 13.7. The predicted molar refractivity (Wildman–Crippen MR) is 104 cm³/mol. The molecule has 0 radical (unpaired) electrons. The van der Waals surface area contributed by atoms with Crippen LogP contribution >= 0.6 is 0 Å². The highest BCUT2D eigenvalue weighted by Crippen LogP contribution is 2.26. The van der Waals surface area contributed by atoms with E-state index in [-0.39, 0.29) is 18.2 Å². The lowest BCUT2D eigenvalue weighted by Crippen LogP contribution is -2.33. The van der Waals surface area contributed by atoms with Gasteiger partial charge in [0.2, 0.25) is 0 Å². The number of aromatic nitrogens is 2. The molecule has 0 spiro atoms. The van der Waals surface area contributed by atoms with Crippen molar-refractivity contribution in [2.45, 2.75) is 25.9 Å². The lowest BCUT2D eigenvalue weighted by atomic mass is 10.1. The van der Waals surface area contributed by atoms with E-state index in [2.05, 4.69) is 15.5 Å². The zero-order chi connectivity index (χ0) is 21.1. The molecule has 156 valence electrons. The third-order valence-electron chi connectivity index (χ3n) is 4.88. The molecule has 1 atom stereocenters. The Morgan fingerprint density at radius 1 is 1.27 bits per heavy atom. The Bertz CT molecular complexity index is 1040. The van der Waals surface area contributed by atoms with Crippen LogP contribution in [0.5, 0.6) is 5.75 Å². The molecule has 0 saturated carbocycles. The Kier molecular flexibility index (Phi) is 5.60. The molecular formula is C21H20F2N4O3. The normalized spacial score (nSPS) is 16.0. The number of rotatable bonds is 5. The van der Waals surface area contributed by atoms with Gasteiger partial charge in [-0.15, -0.1) is 0 Å². The molecule has 2 aromatic carbocycles. The van der Waals surface area contributed by atoms with E-state index in [1.807, 2.05) is 31.2 Å². The first-order chi connectivity index (χ1) is 14.5. The van der Waals surface area contributed by atoms with E-state index in [1.165, 1.54) is 11.0 Å². The van der Waals surface area contributed by atoms with Crippen LogP contribution in [0.15, 0.2) is 47.0 Å². The van der Waals surface area contributed by atoms with Crippen molar-refractivity contribution in [1.29, 1.82) is 0 Å². The van der Waals surface area contributed by atoms with Crippen LogP contribution in [0.25, 0.3) is 0 Å². The number of carbonyl (C=O) groups is 1. The summed E-state index contributed by atoms with van der Waals surface area (Å²) in [6, 6.07) is 10.2. The molecule has 4 rings (SSSR count). The van der Waals surface area contributed by atoms with Gasteiger partial charge in [-0.05, 0) is 37.6 Å². The van der Waals surface area contributed by atoms with Gasteiger partial charge >= 0.3 is 6.03 Å². The van der Waals surface area contributed by atoms with Crippen LogP contribution in [0.1, 0.15) is 29.6 Å². The van der Waals surface area contributed by atoms with Crippen LogP contribution in [0, 0.1) is 18.6 Å². The van der Waals surface area contributed by atoms with E-state index in [0.29, 0.717) is 37.0 Å². The molecule has 1 aromatic heterocycles. The molecule has 0 aliphatic carbocycles. The number of nitrogens with zero attached hydrogens (tertiary/aromatic N) is 3. The number of benzene rings is 2. The summed E-state index contributed by atoms with van der Waals surface area (Å²) in [5, 5.41) is 6.46. The van der Waals surface area contributed by atoms with Crippen LogP contribution in [0.3, 0.4) is 0 Å². The minimum absolute atomic E-state index is 0.0695. The fourth-order valence-corrected chi connectivity index (χ4v) is 3.21. The molecular weight excluding hydrogens is 394 g/mol. The number of carbonyl (C=O) groups excluding carboxylic acids is 1. The zero-order valence-electron chi connectivity index (χ0n) is 16.3. The average molecular weight is 414 g/mol. The van der Waals surface area contributed by atoms with Crippen molar-refractivity contribution in [3.63, 3.8) is 0 Å². The highest BCUT2D eigenvalue weighted by atomic mass is 19.1. The topological polar surface area (TPSA) is 80.5 Å². The molecule has 30 heavy (non-hydrogen) atoms. The van der Waals surface area contributed by atoms with Crippen molar-refractivity contribution in [1.82, 2.24) is 15.0 Å². The number of ether oxygens (including phenoxy) is 1. The molecule has 2 amide bonds. The second kappa shape index (κ2) is 8.48. The number of nitrogens with one attached hydrogen (secondary N) is 1. The van der Waals surface area contributed by atoms with Crippen molar-refractivity contribution in [3.05, 3.63) is 71.4 Å². The van der Waals surface area contributed by atoms with Crippen molar-refractivity contribution in [2.75, 3.05) is 18.4 Å². The lowest BCUT2D eigenvalue weighted by Gasteiger charge is -2.17.